The van der Waals surface area contributed by atoms with Crippen LogP contribution in [0, 0.1) is 22.7 Å². The fourth-order valence-electron chi connectivity index (χ4n) is 7.29. The Morgan fingerprint density at radius 3 is 2.64 bits per heavy atom. The molecule has 0 saturated carbocycles. The van der Waals surface area contributed by atoms with Gasteiger partial charge in [-0.05, 0) is 82.3 Å². The summed E-state index contributed by atoms with van der Waals surface area (Å²) in [6.45, 7) is 9.15. The van der Waals surface area contributed by atoms with Gasteiger partial charge < -0.3 is 24.6 Å². The van der Waals surface area contributed by atoms with E-state index < -0.39 is 17.2 Å². The van der Waals surface area contributed by atoms with Crippen LogP contribution < -0.4 is 15.0 Å². The third-order valence-electron chi connectivity index (χ3n) is 9.60. The summed E-state index contributed by atoms with van der Waals surface area (Å²) in [5.41, 5.74) is 1.80. The standard InChI is InChI=1S/C36H42ClN7O3/c1-35(2,3)47-34(45)44-19-16-40-23-36(44,14-15-38)32-26-13-18-43(30-12-6-9-24-8-5-11-29(37)31(24)30)21-28(26)27(20-39)33(41-32)46-22-25-10-7-17-42(25)4/h5-6,8-9,11-12,25,40H,7,10,13-14,16-19,21-23H2,1-4H3/t25-,36?/m0/s1. The average molecular weight is 656 g/mol. The van der Waals surface area contributed by atoms with Gasteiger partial charge in [-0.15, -0.1) is 0 Å². The van der Waals surface area contributed by atoms with E-state index in [-0.39, 0.29) is 18.3 Å². The van der Waals surface area contributed by atoms with E-state index in [1.54, 1.807) is 4.90 Å². The van der Waals surface area contributed by atoms with Gasteiger partial charge in [-0.3, -0.25) is 4.90 Å². The summed E-state index contributed by atoms with van der Waals surface area (Å²) in [5, 5.41) is 27.0. The quantitative estimate of drug-likeness (QED) is 0.354. The molecule has 3 aromatic rings. The minimum absolute atomic E-state index is 0.00195. The number of benzene rings is 2. The number of ether oxygens (including phenoxy) is 2. The molecular formula is C36H42ClN7O3. The topological polar surface area (TPSA) is 118 Å². The fourth-order valence-corrected chi connectivity index (χ4v) is 7.56. The Morgan fingerprint density at radius 2 is 1.94 bits per heavy atom. The van der Waals surface area contributed by atoms with Gasteiger partial charge in [-0.2, -0.15) is 10.5 Å². The average Bonchev–Trinajstić information content (AvgIpc) is 3.46. The van der Waals surface area contributed by atoms with Gasteiger partial charge in [0.2, 0.25) is 5.88 Å². The number of hydrogen-bond donors (Lipinski definition) is 1. The van der Waals surface area contributed by atoms with Gasteiger partial charge >= 0.3 is 6.09 Å². The summed E-state index contributed by atoms with van der Waals surface area (Å²) < 4.78 is 12.3. The van der Waals surface area contributed by atoms with E-state index in [2.05, 4.69) is 40.4 Å². The molecule has 2 aromatic carbocycles. The van der Waals surface area contributed by atoms with Crippen molar-refractivity contribution in [3.8, 4) is 18.0 Å². The molecule has 246 valence electrons. The van der Waals surface area contributed by atoms with Crippen LogP contribution >= 0.6 is 11.6 Å². The first-order valence-electron chi connectivity index (χ1n) is 16.4. The SMILES string of the molecule is CN1CCC[C@H]1COc1nc(C2(CC#N)CNCCN2C(=O)OC(C)(C)C)c2c(c1C#N)CN(c1cccc3cccc(Cl)c13)CC2. The van der Waals surface area contributed by atoms with Gasteiger partial charge in [0.05, 0.1) is 23.2 Å². The zero-order valence-electron chi connectivity index (χ0n) is 27.6. The smallest absolute Gasteiger partial charge is 0.411 e. The van der Waals surface area contributed by atoms with Crippen LogP contribution in [0.2, 0.25) is 5.02 Å². The van der Waals surface area contributed by atoms with E-state index in [4.69, 9.17) is 26.1 Å². The van der Waals surface area contributed by atoms with Gasteiger partial charge in [0, 0.05) is 49.8 Å². The number of likely N-dealkylation sites (N-methyl/N-ethyl adjacent to an activating group) is 1. The van der Waals surface area contributed by atoms with E-state index in [0.29, 0.717) is 62.0 Å². The molecule has 2 saturated heterocycles. The van der Waals surface area contributed by atoms with Crippen LogP contribution in [0.5, 0.6) is 5.88 Å². The van der Waals surface area contributed by atoms with Crippen LogP contribution in [-0.2, 0) is 23.2 Å². The number of nitrogens with one attached hydrogen (secondary N) is 1. The van der Waals surface area contributed by atoms with Gasteiger partial charge in [0.1, 0.15) is 29.4 Å². The Balaban J connectivity index is 1.51. The van der Waals surface area contributed by atoms with E-state index in [1.165, 1.54) is 0 Å². The molecule has 11 heteroatoms. The maximum Gasteiger partial charge on any atom is 0.411 e. The van der Waals surface area contributed by atoms with Gasteiger partial charge in [0.25, 0.3) is 0 Å². The minimum Gasteiger partial charge on any atom is -0.475 e. The number of piperazine rings is 1. The summed E-state index contributed by atoms with van der Waals surface area (Å²) in [6, 6.07) is 17.0. The predicted molar refractivity (Wildman–Crippen MR) is 182 cm³/mol. The summed E-state index contributed by atoms with van der Waals surface area (Å²) in [6.07, 6.45) is 2.14. The number of pyridine rings is 1. The van der Waals surface area contributed by atoms with Crippen molar-refractivity contribution in [1.82, 2.24) is 20.1 Å². The van der Waals surface area contributed by atoms with Crippen molar-refractivity contribution in [3.05, 3.63) is 63.8 Å². The zero-order valence-corrected chi connectivity index (χ0v) is 28.4. The van der Waals surface area contributed by atoms with E-state index in [0.717, 1.165) is 47.0 Å². The van der Waals surface area contributed by atoms with Crippen molar-refractivity contribution >= 4 is 34.2 Å². The molecule has 2 fully saturated rings. The monoisotopic (exact) mass is 655 g/mol. The van der Waals surface area contributed by atoms with Crippen molar-refractivity contribution in [2.45, 2.75) is 70.2 Å². The highest BCUT2D eigenvalue weighted by Crippen LogP contribution is 2.43. The largest absolute Gasteiger partial charge is 0.475 e. The van der Waals surface area contributed by atoms with Crippen molar-refractivity contribution < 1.29 is 14.3 Å². The molecule has 1 amide bonds. The molecule has 0 bridgehead atoms. The number of fused-ring (bicyclic) bond motifs is 2. The molecule has 3 aliphatic rings. The van der Waals surface area contributed by atoms with Gasteiger partial charge in [-0.1, -0.05) is 35.9 Å². The number of halogens is 1. The van der Waals surface area contributed by atoms with Crippen LogP contribution in [0.1, 0.15) is 62.4 Å². The maximum absolute atomic E-state index is 13.8. The number of nitrogens with zero attached hydrogens (tertiary/aromatic N) is 6. The maximum atomic E-state index is 13.8. The van der Waals surface area contributed by atoms with Crippen molar-refractivity contribution in [1.29, 1.82) is 10.5 Å². The van der Waals surface area contributed by atoms with Crippen molar-refractivity contribution in [2.75, 3.05) is 51.3 Å². The molecule has 0 radical (unpaired) electrons. The summed E-state index contributed by atoms with van der Waals surface area (Å²) >= 11 is 6.75. The molecule has 6 rings (SSSR count). The molecule has 3 aliphatic heterocycles. The molecule has 2 atom stereocenters. The molecule has 0 spiro atoms. The lowest BCUT2D eigenvalue weighted by atomic mass is 9.80. The lowest BCUT2D eigenvalue weighted by Crippen LogP contribution is -2.62. The molecule has 1 N–H and O–H groups in total. The first kappa shape index (κ1) is 32.8. The molecule has 1 unspecified atom stereocenters. The lowest BCUT2D eigenvalue weighted by molar-refractivity contribution is -0.0135. The summed E-state index contributed by atoms with van der Waals surface area (Å²) in [4.78, 5) is 25.1. The number of anilines is 1. The van der Waals surface area contributed by atoms with Gasteiger partial charge in [-0.25, -0.2) is 9.78 Å². The Morgan fingerprint density at radius 1 is 1.15 bits per heavy atom. The number of aromatic nitrogens is 1. The highest BCUT2D eigenvalue weighted by molar-refractivity contribution is 6.36. The second-order valence-electron chi connectivity index (χ2n) is 13.8. The van der Waals surface area contributed by atoms with Crippen molar-refractivity contribution in [3.63, 3.8) is 0 Å². The predicted octanol–water partition coefficient (Wildman–Crippen LogP) is 5.74. The lowest BCUT2D eigenvalue weighted by Gasteiger charge is -2.47. The van der Waals surface area contributed by atoms with Gasteiger partial charge in [0.15, 0.2) is 0 Å². The highest BCUT2D eigenvalue weighted by atomic mass is 35.5. The Hall–Kier alpha value is -4.09. The molecule has 0 aliphatic carbocycles. The normalized spacial score (nSPS) is 21.6. The summed E-state index contributed by atoms with van der Waals surface area (Å²) in [7, 11) is 2.08. The van der Waals surface area contributed by atoms with Crippen LogP contribution in [0.25, 0.3) is 10.8 Å². The van der Waals surface area contributed by atoms with Crippen LogP contribution in [0.4, 0.5) is 10.5 Å². The number of rotatable bonds is 6. The Labute approximate surface area is 281 Å². The second kappa shape index (κ2) is 13.2. The first-order chi connectivity index (χ1) is 22.6. The molecular weight excluding hydrogens is 614 g/mol. The fraction of sp³-hybridized carbons (Fsp3) is 0.500. The number of nitriles is 2. The second-order valence-corrected chi connectivity index (χ2v) is 14.2. The zero-order chi connectivity index (χ0) is 33.3. The van der Waals surface area contributed by atoms with Crippen LogP contribution in [-0.4, -0.2) is 78.9 Å². The highest BCUT2D eigenvalue weighted by Gasteiger charge is 2.49. The molecule has 10 nitrogen and oxygen atoms in total. The van der Waals surface area contributed by atoms with Crippen LogP contribution in [0.3, 0.4) is 0 Å². The molecule has 47 heavy (non-hydrogen) atoms. The number of hydrogen-bond acceptors (Lipinski definition) is 9. The van der Waals surface area contributed by atoms with Crippen molar-refractivity contribution in [2.24, 2.45) is 0 Å². The number of amides is 1. The Kier molecular flexibility index (Phi) is 9.22. The number of carbonyl (C=O) groups is 1. The summed E-state index contributed by atoms with van der Waals surface area (Å²) in [5.74, 6) is 0.242. The molecule has 4 heterocycles. The number of carbonyl (C=O) groups excluding carboxylic acids is 1. The van der Waals surface area contributed by atoms with E-state index in [1.807, 2.05) is 51.1 Å². The van der Waals surface area contributed by atoms with E-state index >= 15 is 0 Å². The van der Waals surface area contributed by atoms with Crippen LogP contribution in [0.15, 0.2) is 36.4 Å². The first-order valence-corrected chi connectivity index (χ1v) is 16.7. The third kappa shape index (κ3) is 6.30. The minimum atomic E-state index is -1.12. The third-order valence-corrected chi connectivity index (χ3v) is 9.92. The Bertz CT molecular complexity index is 1760. The molecule has 1 aromatic heterocycles. The van der Waals surface area contributed by atoms with E-state index in [9.17, 15) is 15.3 Å². The number of likely N-dealkylation sites (tertiary alicyclic amines) is 1.